The van der Waals surface area contributed by atoms with Gasteiger partial charge in [-0.1, -0.05) is 15.9 Å². The molecule has 0 saturated carbocycles. The lowest BCUT2D eigenvalue weighted by Crippen LogP contribution is -1.99. The molecule has 0 atom stereocenters. The number of nitrogens with zero attached hydrogens (tertiary/aromatic N) is 1. The van der Waals surface area contributed by atoms with Gasteiger partial charge in [-0.05, 0) is 26.0 Å². The molecular formula is C12H15BrNO4P. The number of benzene rings is 1. The summed E-state index contributed by atoms with van der Waals surface area (Å²) in [5.41, 5.74) is 2.08. The number of hydrogen-bond acceptors (Lipinski definition) is 5. The van der Waals surface area contributed by atoms with Crippen molar-refractivity contribution in [3.05, 3.63) is 28.6 Å². The van der Waals surface area contributed by atoms with E-state index in [0.717, 1.165) is 10.0 Å². The molecule has 0 aliphatic carbocycles. The van der Waals surface area contributed by atoms with Crippen LogP contribution in [0.2, 0.25) is 0 Å². The van der Waals surface area contributed by atoms with Gasteiger partial charge in [0, 0.05) is 10.0 Å². The van der Waals surface area contributed by atoms with Gasteiger partial charge in [0.25, 0.3) is 0 Å². The quantitative estimate of drug-likeness (QED) is 0.726. The number of hydrogen-bond donors (Lipinski definition) is 0. The van der Waals surface area contributed by atoms with Gasteiger partial charge in [-0.3, -0.25) is 4.57 Å². The van der Waals surface area contributed by atoms with Gasteiger partial charge in [-0.15, -0.1) is 0 Å². The van der Waals surface area contributed by atoms with Crippen LogP contribution in [0.25, 0.3) is 11.1 Å². The SMILES string of the molecule is CCOP(=O)(Cc1cc(Br)cc2ncoc12)OCC. The molecule has 5 nitrogen and oxygen atoms in total. The van der Waals surface area contributed by atoms with Crippen LogP contribution >= 0.6 is 23.5 Å². The summed E-state index contributed by atoms with van der Waals surface area (Å²) in [5.74, 6) is 0. The van der Waals surface area contributed by atoms with E-state index in [1.165, 1.54) is 6.39 Å². The number of oxazole rings is 1. The predicted octanol–water partition coefficient (Wildman–Crippen LogP) is 4.36. The number of fused-ring (bicyclic) bond motifs is 1. The average Bonchev–Trinajstić information content (AvgIpc) is 2.77. The Labute approximate surface area is 120 Å². The van der Waals surface area contributed by atoms with Gasteiger partial charge < -0.3 is 13.5 Å². The molecule has 0 fully saturated rings. The molecule has 0 spiro atoms. The highest BCUT2D eigenvalue weighted by Gasteiger charge is 2.26. The van der Waals surface area contributed by atoms with E-state index in [1.807, 2.05) is 12.1 Å². The highest BCUT2D eigenvalue weighted by atomic mass is 79.9. The lowest BCUT2D eigenvalue weighted by atomic mass is 10.2. The molecule has 0 N–H and O–H groups in total. The molecule has 0 amide bonds. The number of rotatable bonds is 6. The third kappa shape index (κ3) is 3.45. The summed E-state index contributed by atoms with van der Waals surface area (Å²) in [5, 5.41) is 0. The van der Waals surface area contributed by atoms with Gasteiger partial charge in [-0.25, -0.2) is 4.98 Å². The Kier molecular flexibility index (Phi) is 4.79. The Hall–Kier alpha value is -0.680. The molecule has 1 aromatic heterocycles. The van der Waals surface area contributed by atoms with Gasteiger partial charge in [-0.2, -0.15) is 0 Å². The zero-order chi connectivity index (χ0) is 13.9. The first-order valence-electron chi connectivity index (χ1n) is 5.97. The third-order valence-corrected chi connectivity index (χ3v) is 4.98. The Bertz CT molecular complexity index is 603. The van der Waals surface area contributed by atoms with Gasteiger partial charge >= 0.3 is 7.60 Å². The maximum absolute atomic E-state index is 12.5. The molecule has 0 aliphatic heterocycles. The van der Waals surface area contributed by atoms with Crippen molar-refractivity contribution in [1.29, 1.82) is 0 Å². The molecule has 2 aromatic rings. The zero-order valence-electron chi connectivity index (χ0n) is 10.8. The largest absolute Gasteiger partial charge is 0.443 e. The van der Waals surface area contributed by atoms with E-state index >= 15 is 0 Å². The summed E-state index contributed by atoms with van der Waals surface area (Å²) < 4.78 is 29.3. The highest BCUT2D eigenvalue weighted by molar-refractivity contribution is 9.10. The predicted molar refractivity (Wildman–Crippen MR) is 76.3 cm³/mol. The summed E-state index contributed by atoms with van der Waals surface area (Å²) in [6, 6.07) is 3.69. The van der Waals surface area contributed by atoms with Gasteiger partial charge in [0.05, 0.1) is 19.4 Å². The second kappa shape index (κ2) is 6.18. The third-order valence-electron chi connectivity index (χ3n) is 2.49. The second-order valence-electron chi connectivity index (χ2n) is 3.87. The Morgan fingerprint density at radius 2 is 2.00 bits per heavy atom. The van der Waals surface area contributed by atoms with Crippen LogP contribution in [-0.2, 0) is 19.8 Å². The van der Waals surface area contributed by atoms with Crippen LogP contribution in [0.1, 0.15) is 19.4 Å². The van der Waals surface area contributed by atoms with Gasteiger partial charge in [0.15, 0.2) is 12.0 Å². The lowest BCUT2D eigenvalue weighted by Gasteiger charge is -2.17. The van der Waals surface area contributed by atoms with E-state index < -0.39 is 7.60 Å². The molecule has 0 saturated heterocycles. The van der Waals surface area contributed by atoms with E-state index in [1.54, 1.807) is 13.8 Å². The molecule has 0 radical (unpaired) electrons. The minimum absolute atomic E-state index is 0.166. The normalized spacial score (nSPS) is 12.2. The average molecular weight is 348 g/mol. The summed E-state index contributed by atoms with van der Waals surface area (Å²) in [6.07, 6.45) is 1.53. The van der Waals surface area contributed by atoms with Crippen molar-refractivity contribution in [2.45, 2.75) is 20.0 Å². The molecule has 1 aromatic carbocycles. The monoisotopic (exact) mass is 347 g/mol. The first-order valence-corrected chi connectivity index (χ1v) is 8.50. The van der Waals surface area contributed by atoms with Crippen molar-refractivity contribution < 1.29 is 18.0 Å². The fourth-order valence-corrected chi connectivity index (χ4v) is 4.04. The van der Waals surface area contributed by atoms with Crippen LogP contribution in [0.4, 0.5) is 0 Å². The van der Waals surface area contributed by atoms with Crippen LogP contribution in [0.3, 0.4) is 0 Å². The first-order chi connectivity index (χ1) is 9.08. The van der Waals surface area contributed by atoms with Crippen molar-refractivity contribution >= 4 is 34.6 Å². The minimum atomic E-state index is -3.15. The fraction of sp³-hybridized carbons (Fsp3) is 0.417. The molecule has 104 valence electrons. The van der Waals surface area contributed by atoms with E-state index in [9.17, 15) is 4.57 Å². The summed E-state index contributed by atoms with van der Waals surface area (Å²) >= 11 is 3.40. The maximum atomic E-state index is 12.5. The smallest absolute Gasteiger partial charge is 0.335 e. The summed E-state index contributed by atoms with van der Waals surface area (Å²) in [4.78, 5) is 4.09. The highest BCUT2D eigenvalue weighted by Crippen LogP contribution is 2.52. The topological polar surface area (TPSA) is 61.6 Å². The molecule has 2 rings (SSSR count). The Balaban J connectivity index is 2.38. The van der Waals surface area contributed by atoms with Crippen LogP contribution in [-0.4, -0.2) is 18.2 Å². The molecule has 1 heterocycles. The molecule has 0 bridgehead atoms. The lowest BCUT2D eigenvalue weighted by molar-refractivity contribution is 0.219. The van der Waals surface area contributed by atoms with E-state index in [2.05, 4.69) is 20.9 Å². The molecule has 0 unspecified atom stereocenters. The standard InChI is InChI=1S/C12H15BrNO4P/c1-3-17-19(15,18-4-2)7-9-5-10(13)6-11-12(9)16-8-14-11/h5-6,8H,3-4,7H2,1-2H3. The van der Waals surface area contributed by atoms with Crippen molar-refractivity contribution in [3.63, 3.8) is 0 Å². The zero-order valence-corrected chi connectivity index (χ0v) is 13.2. The van der Waals surface area contributed by atoms with E-state index in [-0.39, 0.29) is 6.16 Å². The van der Waals surface area contributed by atoms with Crippen molar-refractivity contribution in [3.8, 4) is 0 Å². The van der Waals surface area contributed by atoms with Crippen molar-refractivity contribution in [1.82, 2.24) is 4.98 Å². The van der Waals surface area contributed by atoms with Crippen molar-refractivity contribution in [2.75, 3.05) is 13.2 Å². The van der Waals surface area contributed by atoms with Gasteiger partial charge in [0.2, 0.25) is 0 Å². The van der Waals surface area contributed by atoms with Crippen molar-refractivity contribution in [2.24, 2.45) is 0 Å². The fourth-order valence-electron chi connectivity index (χ4n) is 1.85. The maximum Gasteiger partial charge on any atom is 0.335 e. The molecule has 19 heavy (non-hydrogen) atoms. The van der Waals surface area contributed by atoms with Crippen LogP contribution in [0, 0.1) is 0 Å². The Morgan fingerprint density at radius 1 is 1.32 bits per heavy atom. The molecule has 7 heteroatoms. The van der Waals surface area contributed by atoms with Crippen LogP contribution in [0.15, 0.2) is 27.4 Å². The summed E-state index contributed by atoms with van der Waals surface area (Å²) in [7, 11) is -3.15. The number of halogens is 1. The summed E-state index contributed by atoms with van der Waals surface area (Å²) in [6.45, 7) is 4.25. The second-order valence-corrected chi connectivity index (χ2v) is 6.84. The first kappa shape index (κ1) is 14.7. The van der Waals surface area contributed by atoms with Gasteiger partial charge in [0.1, 0.15) is 5.52 Å². The van der Waals surface area contributed by atoms with Crippen LogP contribution in [0.5, 0.6) is 0 Å². The van der Waals surface area contributed by atoms with E-state index in [0.29, 0.717) is 24.3 Å². The van der Waals surface area contributed by atoms with Crippen LogP contribution < -0.4 is 0 Å². The van der Waals surface area contributed by atoms with E-state index in [4.69, 9.17) is 13.5 Å². The molecule has 0 aliphatic rings. The molecular weight excluding hydrogens is 333 g/mol. The minimum Gasteiger partial charge on any atom is -0.443 e. The Morgan fingerprint density at radius 3 is 2.63 bits per heavy atom. The number of aromatic nitrogens is 1.